The number of nitrogens with one attached hydrogen (secondary N) is 1. The molecule has 0 bridgehead atoms. The van der Waals surface area contributed by atoms with Gasteiger partial charge in [0.2, 0.25) is 5.91 Å². The summed E-state index contributed by atoms with van der Waals surface area (Å²) in [6.45, 7) is -0.0884. The van der Waals surface area contributed by atoms with E-state index in [0.29, 0.717) is 0 Å². The molecule has 18 heavy (non-hydrogen) atoms. The Morgan fingerprint density at radius 2 is 2.11 bits per heavy atom. The lowest BCUT2D eigenvalue weighted by molar-refractivity contribution is -0.137. The van der Waals surface area contributed by atoms with Crippen LogP contribution in [0.5, 0.6) is 0 Å². The predicted octanol–water partition coefficient (Wildman–Crippen LogP) is 1.83. The van der Waals surface area contributed by atoms with E-state index in [4.69, 9.17) is 5.11 Å². The molecule has 0 fully saturated rings. The van der Waals surface area contributed by atoms with Crippen molar-refractivity contribution < 1.29 is 23.1 Å². The fraction of sp³-hybridized carbons (Fsp3) is 0.250. The molecular formula is C12H12F3NO2. The van der Waals surface area contributed by atoms with E-state index in [1.807, 2.05) is 0 Å². The van der Waals surface area contributed by atoms with Crippen molar-refractivity contribution in [3.63, 3.8) is 0 Å². The summed E-state index contributed by atoms with van der Waals surface area (Å²) in [5.74, 6) is -0.471. The van der Waals surface area contributed by atoms with Gasteiger partial charge in [-0.1, -0.05) is 12.1 Å². The zero-order valence-electron chi connectivity index (χ0n) is 9.37. The highest BCUT2D eigenvalue weighted by Crippen LogP contribution is 2.29. The largest absolute Gasteiger partial charge is 0.416 e. The second-order valence-electron chi connectivity index (χ2n) is 3.47. The van der Waals surface area contributed by atoms with Gasteiger partial charge in [-0.05, 0) is 23.8 Å². The third-order valence-electron chi connectivity index (χ3n) is 2.05. The number of hydrogen-bond acceptors (Lipinski definition) is 2. The van der Waals surface area contributed by atoms with Gasteiger partial charge < -0.3 is 10.4 Å². The van der Waals surface area contributed by atoms with Crippen molar-refractivity contribution in [2.75, 3.05) is 13.2 Å². The molecule has 2 N–H and O–H groups in total. The molecule has 0 aliphatic heterocycles. The molecule has 1 rings (SSSR count). The second kappa shape index (κ2) is 6.20. The molecule has 6 heteroatoms. The standard InChI is InChI=1S/C12H12F3NO2/c13-12(14,15)10-3-1-2-9(8-10)4-5-11(18)16-6-7-17/h1-5,8,17H,6-7H2,(H,16,18)/b5-4+. The van der Waals surface area contributed by atoms with Gasteiger partial charge in [0.25, 0.3) is 0 Å². The van der Waals surface area contributed by atoms with Gasteiger partial charge in [-0.25, -0.2) is 0 Å². The highest BCUT2D eigenvalue weighted by Gasteiger charge is 2.30. The first kappa shape index (κ1) is 14.2. The van der Waals surface area contributed by atoms with Gasteiger partial charge in [-0.15, -0.1) is 0 Å². The SMILES string of the molecule is O=C(/C=C/c1cccc(C(F)(F)F)c1)NCCO. The molecule has 0 aromatic heterocycles. The molecule has 0 radical (unpaired) electrons. The summed E-state index contributed by atoms with van der Waals surface area (Å²) in [4.78, 5) is 11.1. The van der Waals surface area contributed by atoms with Crippen molar-refractivity contribution in [1.82, 2.24) is 5.32 Å². The number of carbonyl (C=O) groups excluding carboxylic acids is 1. The molecule has 1 aromatic carbocycles. The first-order chi connectivity index (χ1) is 8.43. The van der Waals surface area contributed by atoms with E-state index in [-0.39, 0.29) is 18.7 Å². The lowest BCUT2D eigenvalue weighted by Gasteiger charge is -2.06. The summed E-state index contributed by atoms with van der Waals surface area (Å²) in [5.41, 5.74) is -0.482. The summed E-state index contributed by atoms with van der Waals surface area (Å²) in [6, 6.07) is 4.65. The van der Waals surface area contributed by atoms with E-state index >= 15 is 0 Å². The van der Waals surface area contributed by atoms with Crippen molar-refractivity contribution in [3.8, 4) is 0 Å². The number of carbonyl (C=O) groups is 1. The average Bonchev–Trinajstić information content (AvgIpc) is 2.33. The van der Waals surface area contributed by atoms with Crippen LogP contribution in [-0.4, -0.2) is 24.2 Å². The fourth-order valence-corrected chi connectivity index (χ4v) is 1.23. The van der Waals surface area contributed by atoms with E-state index < -0.39 is 17.6 Å². The number of aliphatic hydroxyl groups excluding tert-OH is 1. The van der Waals surface area contributed by atoms with Crippen molar-refractivity contribution in [2.45, 2.75) is 6.18 Å². The Balaban J connectivity index is 2.73. The van der Waals surface area contributed by atoms with Gasteiger partial charge in [0.1, 0.15) is 0 Å². The van der Waals surface area contributed by atoms with Crippen LogP contribution in [0.1, 0.15) is 11.1 Å². The number of alkyl halides is 3. The quantitative estimate of drug-likeness (QED) is 0.810. The number of benzene rings is 1. The minimum absolute atomic E-state index is 0.103. The second-order valence-corrected chi connectivity index (χ2v) is 3.47. The lowest BCUT2D eigenvalue weighted by Crippen LogP contribution is -2.24. The summed E-state index contributed by atoms with van der Waals surface area (Å²) in [6.07, 6.45) is -2.00. The van der Waals surface area contributed by atoms with Crippen LogP contribution in [0.25, 0.3) is 6.08 Å². The topological polar surface area (TPSA) is 49.3 Å². The van der Waals surface area contributed by atoms with Gasteiger partial charge >= 0.3 is 6.18 Å². The molecule has 3 nitrogen and oxygen atoms in total. The number of halogens is 3. The highest BCUT2D eigenvalue weighted by molar-refractivity contribution is 5.91. The summed E-state index contributed by atoms with van der Waals surface area (Å²) >= 11 is 0. The monoisotopic (exact) mass is 259 g/mol. The van der Waals surface area contributed by atoms with Crippen LogP contribution in [0.2, 0.25) is 0 Å². The molecule has 0 heterocycles. The van der Waals surface area contributed by atoms with E-state index in [1.54, 1.807) is 0 Å². The van der Waals surface area contributed by atoms with Crippen LogP contribution in [-0.2, 0) is 11.0 Å². The van der Waals surface area contributed by atoms with Crippen LogP contribution >= 0.6 is 0 Å². The summed E-state index contributed by atoms with van der Waals surface area (Å²) < 4.78 is 37.2. The van der Waals surface area contributed by atoms with Crippen molar-refractivity contribution in [2.24, 2.45) is 0 Å². The lowest BCUT2D eigenvalue weighted by atomic mass is 10.1. The molecule has 0 aliphatic rings. The molecule has 0 saturated heterocycles. The predicted molar refractivity (Wildman–Crippen MR) is 60.6 cm³/mol. The molecule has 0 atom stereocenters. The Morgan fingerprint density at radius 1 is 1.39 bits per heavy atom. The maximum absolute atomic E-state index is 12.4. The first-order valence-electron chi connectivity index (χ1n) is 5.17. The zero-order valence-corrected chi connectivity index (χ0v) is 9.37. The normalized spacial score (nSPS) is 11.8. The Hall–Kier alpha value is -1.82. The number of rotatable bonds is 4. The Bertz CT molecular complexity index is 441. The molecule has 0 saturated carbocycles. The van der Waals surface area contributed by atoms with E-state index in [9.17, 15) is 18.0 Å². The molecule has 0 aliphatic carbocycles. The van der Waals surface area contributed by atoms with Crippen LogP contribution in [0.15, 0.2) is 30.3 Å². The van der Waals surface area contributed by atoms with Gasteiger partial charge in [-0.2, -0.15) is 13.2 Å². The first-order valence-corrected chi connectivity index (χ1v) is 5.17. The molecule has 0 spiro atoms. The maximum Gasteiger partial charge on any atom is 0.416 e. The number of hydrogen-bond donors (Lipinski definition) is 2. The molecular weight excluding hydrogens is 247 g/mol. The Morgan fingerprint density at radius 3 is 2.72 bits per heavy atom. The Labute approximate surface area is 102 Å². The third-order valence-corrected chi connectivity index (χ3v) is 2.05. The van der Waals surface area contributed by atoms with Crippen molar-refractivity contribution in [1.29, 1.82) is 0 Å². The van der Waals surface area contributed by atoms with Crippen LogP contribution in [0, 0.1) is 0 Å². The van der Waals surface area contributed by atoms with E-state index in [1.165, 1.54) is 18.2 Å². The zero-order chi connectivity index (χ0) is 13.6. The fourth-order valence-electron chi connectivity index (χ4n) is 1.23. The number of amides is 1. The van der Waals surface area contributed by atoms with Crippen molar-refractivity contribution >= 4 is 12.0 Å². The maximum atomic E-state index is 12.4. The van der Waals surface area contributed by atoms with Gasteiger partial charge in [-0.3, -0.25) is 4.79 Å². The van der Waals surface area contributed by atoms with Crippen LogP contribution in [0.4, 0.5) is 13.2 Å². The van der Waals surface area contributed by atoms with Gasteiger partial charge in [0, 0.05) is 12.6 Å². The molecule has 0 unspecified atom stereocenters. The Kier molecular flexibility index (Phi) is 4.91. The summed E-state index contributed by atoms with van der Waals surface area (Å²) in [7, 11) is 0. The average molecular weight is 259 g/mol. The molecule has 98 valence electrons. The summed E-state index contributed by atoms with van der Waals surface area (Å²) in [5, 5.41) is 10.8. The minimum Gasteiger partial charge on any atom is -0.395 e. The van der Waals surface area contributed by atoms with Gasteiger partial charge in [0.15, 0.2) is 0 Å². The molecule has 1 amide bonds. The highest BCUT2D eigenvalue weighted by atomic mass is 19.4. The number of aliphatic hydroxyl groups is 1. The van der Waals surface area contributed by atoms with E-state index in [0.717, 1.165) is 18.2 Å². The van der Waals surface area contributed by atoms with Crippen LogP contribution in [0.3, 0.4) is 0 Å². The molecule has 1 aromatic rings. The smallest absolute Gasteiger partial charge is 0.395 e. The van der Waals surface area contributed by atoms with Crippen molar-refractivity contribution in [3.05, 3.63) is 41.5 Å². The third kappa shape index (κ3) is 4.58. The minimum atomic E-state index is -4.40. The van der Waals surface area contributed by atoms with E-state index in [2.05, 4.69) is 5.32 Å². The van der Waals surface area contributed by atoms with Gasteiger partial charge in [0.05, 0.1) is 12.2 Å². The van der Waals surface area contributed by atoms with Crippen LogP contribution < -0.4 is 5.32 Å².